The smallest absolute Gasteiger partial charge is 0.362 e. The van der Waals surface area contributed by atoms with E-state index >= 15 is 0 Å². The number of hydrogen-bond acceptors (Lipinski definition) is 8. The largest absolute Gasteiger partial charge is 0.378 e. The van der Waals surface area contributed by atoms with Gasteiger partial charge in [0.1, 0.15) is 0 Å². The van der Waals surface area contributed by atoms with Gasteiger partial charge in [-0.25, -0.2) is 0 Å². The van der Waals surface area contributed by atoms with Gasteiger partial charge in [0.15, 0.2) is 11.7 Å². The van der Waals surface area contributed by atoms with Gasteiger partial charge in [0.25, 0.3) is 0 Å². The molecule has 0 aromatic rings. The van der Waals surface area contributed by atoms with Gasteiger partial charge < -0.3 is 28.3 Å². The van der Waals surface area contributed by atoms with E-state index in [2.05, 4.69) is 0 Å². The van der Waals surface area contributed by atoms with Crippen LogP contribution in [0.1, 0.15) is 128 Å². The Bertz CT molecular complexity index is 630. The summed E-state index contributed by atoms with van der Waals surface area (Å²) in [6, 6.07) is 0. The van der Waals surface area contributed by atoms with Crippen LogP contribution in [0.15, 0.2) is 0 Å². The van der Waals surface area contributed by atoms with Crippen molar-refractivity contribution in [3.63, 3.8) is 0 Å². The molecule has 0 aromatic carbocycles. The third kappa shape index (κ3) is 8.11. The molecule has 0 heterocycles. The fraction of sp³-hybridized carbons (Fsp3) is 1.00. The number of aliphatic hydroxyl groups is 2. The van der Waals surface area contributed by atoms with Crippen molar-refractivity contribution in [2.75, 3.05) is 0 Å². The fourth-order valence-electron chi connectivity index (χ4n) is 6.14. The molecule has 0 bridgehead atoms. The van der Waals surface area contributed by atoms with Gasteiger partial charge in [0.05, 0.1) is 24.4 Å². The molecule has 0 aromatic heterocycles. The lowest BCUT2D eigenvalue weighted by molar-refractivity contribution is 0.00846. The summed E-state index contributed by atoms with van der Waals surface area (Å²) in [6.45, 7) is 0. The lowest BCUT2D eigenvalue weighted by Gasteiger charge is -2.38. The second-order valence-corrected chi connectivity index (χ2v) is 15.4. The van der Waals surface area contributed by atoms with Crippen molar-refractivity contribution >= 4 is 15.2 Å². The van der Waals surface area contributed by atoms with E-state index in [1.54, 1.807) is 0 Å². The summed E-state index contributed by atoms with van der Waals surface area (Å²) in [7, 11) is -8.47. The predicted molar refractivity (Wildman–Crippen MR) is 139 cm³/mol. The van der Waals surface area contributed by atoms with Crippen LogP contribution in [-0.4, -0.2) is 46.3 Å². The normalized spacial score (nSPS) is 26.6. The molecule has 0 spiro atoms. The lowest BCUT2D eigenvalue weighted by Crippen LogP contribution is -2.35. The first-order valence-electron chi connectivity index (χ1n) is 14.7. The summed E-state index contributed by atoms with van der Waals surface area (Å²) in [4.78, 5) is 0. The van der Waals surface area contributed by atoms with Crippen LogP contribution in [0.4, 0.5) is 0 Å². The fourth-order valence-corrected chi connectivity index (χ4v) is 10.9. The lowest BCUT2D eigenvalue weighted by atomic mass is 9.98. The van der Waals surface area contributed by atoms with E-state index in [9.17, 15) is 19.3 Å². The van der Waals surface area contributed by atoms with Crippen LogP contribution < -0.4 is 0 Å². The van der Waals surface area contributed by atoms with Crippen LogP contribution in [0, 0.1) is 0 Å². The van der Waals surface area contributed by atoms with Gasteiger partial charge in [-0.2, -0.15) is 0 Å². The van der Waals surface area contributed by atoms with E-state index in [1.165, 1.54) is 0 Å². The third-order valence-corrected chi connectivity index (χ3v) is 12.8. The van der Waals surface area contributed by atoms with E-state index < -0.39 is 26.9 Å². The molecule has 2 N–H and O–H groups in total. The first-order chi connectivity index (χ1) is 17.4. The van der Waals surface area contributed by atoms with Crippen molar-refractivity contribution in [3.05, 3.63) is 0 Å². The van der Waals surface area contributed by atoms with E-state index in [0.29, 0.717) is 0 Å². The Kier molecular flexibility index (Phi) is 11.4. The Labute approximate surface area is 217 Å². The van der Waals surface area contributed by atoms with Gasteiger partial charge >= 0.3 is 15.2 Å². The standard InChI is InChI=1S/C26H48O8P2/c27-25(35(29,31-21-13-5-1-6-14-21)32-22-15-7-2-8-16-22)26(28)36(30,33-23-17-9-3-10-18-23)34-24-19-11-4-12-20-24/h21-28H,1-20H2. The average molecular weight is 551 g/mol. The van der Waals surface area contributed by atoms with Gasteiger partial charge in [-0.1, -0.05) is 77.0 Å². The molecule has 36 heavy (non-hydrogen) atoms. The zero-order valence-corrected chi connectivity index (χ0v) is 23.6. The molecule has 0 saturated heterocycles. The van der Waals surface area contributed by atoms with Crippen molar-refractivity contribution in [3.8, 4) is 0 Å². The molecule has 0 amide bonds. The Morgan fingerprint density at radius 2 is 0.611 bits per heavy atom. The van der Waals surface area contributed by atoms with Crippen LogP contribution >= 0.6 is 15.2 Å². The molecule has 4 rings (SSSR count). The van der Waals surface area contributed by atoms with Crippen LogP contribution in [0.2, 0.25) is 0 Å². The first-order valence-corrected chi connectivity index (χ1v) is 17.9. The molecule has 2 atom stereocenters. The minimum absolute atomic E-state index is 0.312. The molecule has 0 radical (unpaired) electrons. The highest BCUT2D eigenvalue weighted by molar-refractivity contribution is 7.59. The first kappa shape index (κ1) is 29.2. The second kappa shape index (κ2) is 14.0. The minimum Gasteiger partial charge on any atom is -0.378 e. The number of rotatable bonds is 11. The number of hydrogen-bond donors (Lipinski definition) is 2. The summed E-state index contributed by atoms with van der Waals surface area (Å²) in [5.74, 6) is -3.97. The maximum atomic E-state index is 14.2. The Balaban J connectivity index is 1.54. The molecule has 4 saturated carbocycles. The third-order valence-electron chi connectivity index (χ3n) is 8.31. The number of aliphatic hydroxyl groups excluding tert-OH is 2. The van der Waals surface area contributed by atoms with Gasteiger partial charge in [0.2, 0.25) is 0 Å². The average Bonchev–Trinajstić information content (AvgIpc) is 2.90. The highest BCUT2D eigenvalue weighted by atomic mass is 31.2. The molecule has 210 valence electrons. The van der Waals surface area contributed by atoms with Crippen LogP contribution in [-0.2, 0) is 27.2 Å². The Hall–Kier alpha value is 0.220. The molecular formula is C26H48O8P2. The molecule has 4 fully saturated rings. The summed E-state index contributed by atoms with van der Waals surface area (Å²) >= 11 is 0. The summed E-state index contributed by atoms with van der Waals surface area (Å²) in [5, 5.41) is 22.8. The molecule has 8 nitrogen and oxygen atoms in total. The zero-order valence-electron chi connectivity index (χ0n) is 21.8. The van der Waals surface area contributed by atoms with Crippen molar-refractivity contribution < 1.29 is 37.4 Å². The summed E-state index contributed by atoms with van der Waals surface area (Å²) in [5.41, 5.74) is 0. The van der Waals surface area contributed by atoms with Crippen molar-refractivity contribution in [1.82, 2.24) is 0 Å². The van der Waals surface area contributed by atoms with Crippen molar-refractivity contribution in [1.29, 1.82) is 0 Å². The van der Waals surface area contributed by atoms with Crippen LogP contribution in [0.3, 0.4) is 0 Å². The Morgan fingerprint density at radius 1 is 0.417 bits per heavy atom. The predicted octanol–water partition coefficient (Wildman–Crippen LogP) is 7.41. The topological polar surface area (TPSA) is 112 Å². The van der Waals surface area contributed by atoms with Gasteiger partial charge in [0, 0.05) is 0 Å². The van der Waals surface area contributed by atoms with Crippen LogP contribution in [0.5, 0.6) is 0 Å². The molecule has 10 heteroatoms. The molecular weight excluding hydrogens is 502 g/mol. The molecule has 4 aliphatic carbocycles. The van der Waals surface area contributed by atoms with Gasteiger partial charge in [-0.3, -0.25) is 9.13 Å². The summed E-state index contributed by atoms with van der Waals surface area (Å²) in [6.07, 6.45) is 16.7. The van der Waals surface area contributed by atoms with E-state index in [1.807, 2.05) is 0 Å². The Morgan fingerprint density at radius 3 is 0.806 bits per heavy atom. The maximum absolute atomic E-state index is 14.2. The van der Waals surface area contributed by atoms with Crippen molar-refractivity contribution in [2.24, 2.45) is 0 Å². The second-order valence-electron chi connectivity index (χ2n) is 11.4. The zero-order chi connectivity index (χ0) is 25.4. The monoisotopic (exact) mass is 550 g/mol. The van der Waals surface area contributed by atoms with E-state index in [-0.39, 0.29) is 24.4 Å². The molecule has 4 aliphatic rings. The minimum atomic E-state index is -4.23. The van der Waals surface area contributed by atoms with Gasteiger partial charge in [-0.15, -0.1) is 0 Å². The highest BCUT2D eigenvalue weighted by Crippen LogP contribution is 2.65. The molecule has 0 aliphatic heterocycles. The molecule has 2 unspecified atom stereocenters. The van der Waals surface area contributed by atoms with Crippen LogP contribution in [0.25, 0.3) is 0 Å². The van der Waals surface area contributed by atoms with E-state index in [4.69, 9.17) is 18.1 Å². The maximum Gasteiger partial charge on any atom is 0.362 e. The summed E-state index contributed by atoms with van der Waals surface area (Å²) < 4.78 is 52.6. The van der Waals surface area contributed by atoms with Crippen molar-refractivity contribution in [2.45, 2.75) is 165 Å². The quantitative estimate of drug-likeness (QED) is 0.256. The SMILES string of the molecule is O=P(OC1CCCCC1)(OC1CCCCC1)C(O)C(O)P(=O)(OC1CCCCC1)OC1CCCCC1. The highest BCUT2D eigenvalue weighted by Gasteiger charge is 2.53. The van der Waals surface area contributed by atoms with E-state index in [0.717, 1.165) is 128 Å². The van der Waals surface area contributed by atoms with Gasteiger partial charge in [-0.05, 0) is 51.4 Å².